The number of hydrogen-bond acceptors (Lipinski definition) is 5. The second kappa shape index (κ2) is 5.03. The van der Waals surface area contributed by atoms with Crippen molar-refractivity contribution in [2.45, 2.75) is 26.2 Å². The summed E-state index contributed by atoms with van der Waals surface area (Å²) in [6.07, 6.45) is 1.74. The molecule has 5 heteroatoms. The van der Waals surface area contributed by atoms with Crippen molar-refractivity contribution in [3.8, 4) is 5.88 Å². The topological polar surface area (TPSA) is 73.1 Å². The molecule has 5 nitrogen and oxygen atoms in total. The van der Waals surface area contributed by atoms with Crippen LogP contribution in [0.3, 0.4) is 0 Å². The monoisotopic (exact) mass is 236 g/mol. The molecule has 0 aliphatic heterocycles. The third-order valence-corrected chi connectivity index (χ3v) is 2.19. The molecule has 0 aliphatic carbocycles. The second-order valence-electron chi connectivity index (χ2n) is 4.74. The van der Waals surface area contributed by atoms with E-state index in [4.69, 9.17) is 10.5 Å². The van der Waals surface area contributed by atoms with Crippen LogP contribution in [0.5, 0.6) is 5.88 Å². The number of nitrogens with one attached hydrogen (secondary N) is 1. The van der Waals surface area contributed by atoms with Crippen LogP contribution in [0.1, 0.15) is 26.6 Å². The lowest BCUT2D eigenvalue weighted by atomic mass is 9.96. The quantitative estimate of drug-likeness (QED) is 0.782. The standard InChI is InChI=1S/C12H20N4O/c1-6-7-14-9-8(13)10(17-5)16-11(15-9)12(2,3)4/h6H,1,7,13H2,2-5H3,(H,14,15,16). The summed E-state index contributed by atoms with van der Waals surface area (Å²) in [7, 11) is 1.54. The van der Waals surface area contributed by atoms with Gasteiger partial charge in [0.2, 0.25) is 5.88 Å². The Labute approximate surface area is 102 Å². The van der Waals surface area contributed by atoms with E-state index in [0.717, 1.165) is 0 Å². The summed E-state index contributed by atoms with van der Waals surface area (Å²) in [6.45, 7) is 10.3. The Morgan fingerprint density at radius 2 is 2.06 bits per heavy atom. The first-order valence-corrected chi connectivity index (χ1v) is 5.47. The molecule has 0 spiro atoms. The summed E-state index contributed by atoms with van der Waals surface area (Å²) >= 11 is 0. The molecule has 0 atom stereocenters. The van der Waals surface area contributed by atoms with E-state index in [-0.39, 0.29) is 5.41 Å². The molecule has 94 valence electrons. The molecule has 3 N–H and O–H groups in total. The Balaban J connectivity index is 3.23. The predicted octanol–water partition coefficient (Wildman–Crippen LogP) is 1.96. The van der Waals surface area contributed by atoms with Gasteiger partial charge in [-0.3, -0.25) is 0 Å². The maximum Gasteiger partial charge on any atom is 0.242 e. The molecule has 1 heterocycles. The predicted molar refractivity (Wildman–Crippen MR) is 70.4 cm³/mol. The summed E-state index contributed by atoms with van der Waals surface area (Å²) in [5.74, 6) is 1.67. The zero-order valence-corrected chi connectivity index (χ0v) is 10.9. The first kappa shape index (κ1) is 13.3. The SMILES string of the molecule is C=CCNc1nc(C(C)(C)C)nc(OC)c1N. The number of aromatic nitrogens is 2. The van der Waals surface area contributed by atoms with Gasteiger partial charge in [-0.05, 0) is 0 Å². The first-order chi connectivity index (χ1) is 7.90. The summed E-state index contributed by atoms with van der Waals surface area (Å²) in [5, 5.41) is 3.08. The van der Waals surface area contributed by atoms with Crippen molar-refractivity contribution in [1.29, 1.82) is 0 Å². The highest BCUT2D eigenvalue weighted by Crippen LogP contribution is 2.29. The van der Waals surface area contributed by atoms with Gasteiger partial charge in [0.15, 0.2) is 5.82 Å². The molecule has 0 radical (unpaired) electrons. The number of hydrogen-bond donors (Lipinski definition) is 2. The van der Waals surface area contributed by atoms with Gasteiger partial charge in [-0.15, -0.1) is 6.58 Å². The molecule has 1 aromatic heterocycles. The smallest absolute Gasteiger partial charge is 0.242 e. The fourth-order valence-corrected chi connectivity index (χ4v) is 1.24. The minimum absolute atomic E-state index is 0.161. The zero-order valence-electron chi connectivity index (χ0n) is 10.9. The van der Waals surface area contributed by atoms with E-state index >= 15 is 0 Å². The van der Waals surface area contributed by atoms with Gasteiger partial charge in [0.05, 0.1) is 7.11 Å². The van der Waals surface area contributed by atoms with Gasteiger partial charge in [0.25, 0.3) is 0 Å². The van der Waals surface area contributed by atoms with Gasteiger partial charge in [-0.2, -0.15) is 4.98 Å². The third-order valence-electron chi connectivity index (χ3n) is 2.19. The van der Waals surface area contributed by atoms with Crippen molar-refractivity contribution in [3.05, 3.63) is 18.5 Å². The van der Waals surface area contributed by atoms with Gasteiger partial charge < -0.3 is 15.8 Å². The average molecular weight is 236 g/mol. The number of methoxy groups -OCH3 is 1. The molecule has 0 fully saturated rings. The zero-order chi connectivity index (χ0) is 13.1. The second-order valence-corrected chi connectivity index (χ2v) is 4.74. The average Bonchev–Trinajstić information content (AvgIpc) is 2.26. The minimum Gasteiger partial charge on any atom is -0.479 e. The normalized spacial score (nSPS) is 11.1. The van der Waals surface area contributed by atoms with Crippen molar-refractivity contribution in [2.24, 2.45) is 0 Å². The van der Waals surface area contributed by atoms with E-state index < -0.39 is 0 Å². The molecular formula is C12H20N4O. The summed E-state index contributed by atoms with van der Waals surface area (Å²) in [6, 6.07) is 0. The van der Waals surface area contributed by atoms with Gasteiger partial charge in [-0.1, -0.05) is 26.8 Å². The highest BCUT2D eigenvalue weighted by Gasteiger charge is 2.21. The van der Waals surface area contributed by atoms with Crippen molar-refractivity contribution >= 4 is 11.5 Å². The van der Waals surface area contributed by atoms with Crippen LogP contribution in [0, 0.1) is 0 Å². The molecule has 1 rings (SSSR count). The number of rotatable bonds is 4. The van der Waals surface area contributed by atoms with Crippen LogP contribution < -0.4 is 15.8 Å². The molecule has 0 aliphatic rings. The van der Waals surface area contributed by atoms with Crippen molar-refractivity contribution in [2.75, 3.05) is 24.7 Å². The van der Waals surface area contributed by atoms with Crippen LogP contribution in [0.4, 0.5) is 11.5 Å². The number of nitrogen functional groups attached to an aromatic ring is 1. The van der Waals surface area contributed by atoms with Crippen molar-refractivity contribution in [3.63, 3.8) is 0 Å². The van der Waals surface area contributed by atoms with E-state index in [1.807, 2.05) is 20.8 Å². The molecule has 0 aromatic carbocycles. The molecule has 1 aromatic rings. The molecule has 0 unspecified atom stereocenters. The molecule has 17 heavy (non-hydrogen) atoms. The summed E-state index contributed by atoms with van der Waals surface area (Å²) < 4.78 is 5.16. The van der Waals surface area contributed by atoms with E-state index in [1.165, 1.54) is 0 Å². The van der Waals surface area contributed by atoms with Crippen LogP contribution in [0.25, 0.3) is 0 Å². The van der Waals surface area contributed by atoms with E-state index in [1.54, 1.807) is 13.2 Å². The fourth-order valence-electron chi connectivity index (χ4n) is 1.24. The number of nitrogens with two attached hydrogens (primary N) is 1. The van der Waals surface area contributed by atoms with Gasteiger partial charge in [0, 0.05) is 12.0 Å². The van der Waals surface area contributed by atoms with Gasteiger partial charge in [0.1, 0.15) is 11.5 Å². The maximum absolute atomic E-state index is 5.90. The Morgan fingerprint density at radius 1 is 1.41 bits per heavy atom. The largest absolute Gasteiger partial charge is 0.479 e. The maximum atomic E-state index is 5.90. The lowest BCUT2D eigenvalue weighted by Gasteiger charge is -2.19. The highest BCUT2D eigenvalue weighted by atomic mass is 16.5. The van der Waals surface area contributed by atoms with Crippen LogP contribution in [0.2, 0.25) is 0 Å². The van der Waals surface area contributed by atoms with Crippen LogP contribution in [-0.2, 0) is 5.41 Å². The van der Waals surface area contributed by atoms with Crippen molar-refractivity contribution in [1.82, 2.24) is 9.97 Å². The number of nitrogens with zero attached hydrogens (tertiary/aromatic N) is 2. The Morgan fingerprint density at radius 3 is 2.53 bits per heavy atom. The highest BCUT2D eigenvalue weighted by molar-refractivity contribution is 5.67. The Bertz CT molecular complexity index is 410. The van der Waals surface area contributed by atoms with E-state index in [2.05, 4.69) is 21.9 Å². The Hall–Kier alpha value is -1.78. The first-order valence-electron chi connectivity index (χ1n) is 5.47. The molecule has 0 saturated heterocycles. The number of ether oxygens (including phenoxy) is 1. The molecule has 0 amide bonds. The lowest BCUT2D eigenvalue weighted by Crippen LogP contribution is -2.19. The van der Waals surface area contributed by atoms with Gasteiger partial charge in [-0.25, -0.2) is 4.98 Å². The van der Waals surface area contributed by atoms with E-state index in [0.29, 0.717) is 29.8 Å². The van der Waals surface area contributed by atoms with Gasteiger partial charge >= 0.3 is 0 Å². The third kappa shape index (κ3) is 3.09. The molecule has 0 saturated carbocycles. The number of anilines is 2. The molecular weight excluding hydrogens is 216 g/mol. The van der Waals surface area contributed by atoms with Crippen LogP contribution in [0.15, 0.2) is 12.7 Å². The summed E-state index contributed by atoms with van der Waals surface area (Å²) in [4.78, 5) is 8.72. The van der Waals surface area contributed by atoms with Crippen LogP contribution in [-0.4, -0.2) is 23.6 Å². The van der Waals surface area contributed by atoms with Crippen molar-refractivity contribution < 1.29 is 4.74 Å². The summed E-state index contributed by atoms with van der Waals surface area (Å²) in [5.41, 5.74) is 6.16. The Kier molecular flexibility index (Phi) is 3.93. The fraction of sp³-hybridized carbons (Fsp3) is 0.500. The lowest BCUT2D eigenvalue weighted by molar-refractivity contribution is 0.391. The molecule has 0 bridgehead atoms. The van der Waals surface area contributed by atoms with E-state index in [9.17, 15) is 0 Å². The van der Waals surface area contributed by atoms with Crippen LogP contribution >= 0.6 is 0 Å². The minimum atomic E-state index is -0.161.